The van der Waals surface area contributed by atoms with E-state index >= 15 is 4.79 Å². The SMILES string of the molecule is C=CCC[C@@H](C(=O)C1(C[C@H](C)CCO)SCCCS1)[C@H]1[C@H](C(=O)OC)C(=O)C[C@]1(C)CO[Si](c1ccccc1)(c1ccccc1)C(C)(C)C. The molecule has 2 fully saturated rings. The van der Waals surface area contributed by atoms with Crippen LogP contribution in [0.25, 0.3) is 0 Å². The first-order valence-corrected chi connectivity index (χ1v) is 21.6. The molecule has 0 aromatic heterocycles. The summed E-state index contributed by atoms with van der Waals surface area (Å²) < 4.78 is 12.0. The van der Waals surface area contributed by atoms with Gasteiger partial charge in [-0.1, -0.05) is 101 Å². The summed E-state index contributed by atoms with van der Waals surface area (Å²) in [7, 11) is -1.67. The lowest BCUT2D eigenvalue weighted by atomic mass is 9.66. The van der Waals surface area contributed by atoms with E-state index in [2.05, 4.69) is 58.5 Å². The number of rotatable bonds is 16. The summed E-state index contributed by atoms with van der Waals surface area (Å²) in [6, 6.07) is 20.8. The van der Waals surface area contributed by atoms with E-state index in [9.17, 15) is 14.7 Å². The van der Waals surface area contributed by atoms with Gasteiger partial charge in [0, 0.05) is 31.0 Å². The molecular weight excluding hydrogens is 669 g/mol. The number of benzene rings is 2. The topological polar surface area (TPSA) is 89.9 Å². The zero-order chi connectivity index (χ0) is 35.9. The van der Waals surface area contributed by atoms with Crippen LogP contribution in [-0.4, -0.2) is 66.9 Å². The van der Waals surface area contributed by atoms with Crippen molar-refractivity contribution in [2.24, 2.45) is 29.1 Å². The molecule has 6 nitrogen and oxygen atoms in total. The zero-order valence-electron chi connectivity index (χ0n) is 30.2. The molecule has 4 rings (SSSR count). The van der Waals surface area contributed by atoms with Crippen LogP contribution in [0, 0.1) is 29.1 Å². The quantitative estimate of drug-likeness (QED) is 0.0852. The Labute approximate surface area is 303 Å². The van der Waals surface area contributed by atoms with Crippen molar-refractivity contribution in [2.75, 3.05) is 31.8 Å². The van der Waals surface area contributed by atoms with E-state index in [4.69, 9.17) is 9.16 Å². The minimum absolute atomic E-state index is 0.0693. The van der Waals surface area contributed by atoms with Gasteiger partial charge in [0.05, 0.1) is 7.11 Å². The Morgan fingerprint density at radius 1 is 1.04 bits per heavy atom. The number of hydrogen-bond acceptors (Lipinski definition) is 8. The Morgan fingerprint density at radius 2 is 1.61 bits per heavy atom. The number of ketones is 2. The Balaban J connectivity index is 1.86. The molecule has 1 aliphatic heterocycles. The molecule has 1 saturated carbocycles. The maximum Gasteiger partial charge on any atom is 0.316 e. The van der Waals surface area contributed by atoms with E-state index in [1.54, 1.807) is 23.5 Å². The van der Waals surface area contributed by atoms with Crippen molar-refractivity contribution in [1.29, 1.82) is 0 Å². The van der Waals surface area contributed by atoms with Gasteiger partial charge in [0.15, 0.2) is 5.78 Å². The van der Waals surface area contributed by atoms with Crippen LogP contribution in [0.15, 0.2) is 73.3 Å². The largest absolute Gasteiger partial charge is 0.468 e. The molecule has 1 heterocycles. The molecular formula is C40H56O6S2Si. The van der Waals surface area contributed by atoms with Gasteiger partial charge in [-0.05, 0) is 70.9 Å². The smallest absolute Gasteiger partial charge is 0.316 e. The predicted molar refractivity (Wildman–Crippen MR) is 206 cm³/mol. The van der Waals surface area contributed by atoms with E-state index in [0.29, 0.717) is 25.7 Å². The van der Waals surface area contributed by atoms with Crippen molar-refractivity contribution in [2.45, 2.75) is 82.3 Å². The maximum atomic E-state index is 15.3. The Kier molecular flexibility index (Phi) is 13.7. The minimum Gasteiger partial charge on any atom is -0.468 e. The molecule has 0 radical (unpaired) electrons. The molecule has 1 saturated heterocycles. The second-order valence-corrected chi connectivity index (χ2v) is 22.6. The van der Waals surface area contributed by atoms with E-state index in [1.165, 1.54) is 7.11 Å². The van der Waals surface area contributed by atoms with Gasteiger partial charge in [0.2, 0.25) is 0 Å². The monoisotopic (exact) mass is 724 g/mol. The summed E-state index contributed by atoms with van der Waals surface area (Å²) in [5.41, 5.74) is -0.813. The van der Waals surface area contributed by atoms with Crippen molar-refractivity contribution in [3.8, 4) is 0 Å². The number of carbonyl (C=O) groups is 3. The van der Waals surface area contributed by atoms with Crippen molar-refractivity contribution in [3.05, 3.63) is 73.3 Å². The molecule has 49 heavy (non-hydrogen) atoms. The predicted octanol–water partition coefficient (Wildman–Crippen LogP) is 7.07. The maximum absolute atomic E-state index is 15.3. The molecule has 0 spiro atoms. The molecule has 0 bridgehead atoms. The summed E-state index contributed by atoms with van der Waals surface area (Å²) in [6.45, 7) is 15.1. The molecule has 2 aromatic rings. The third-order valence-electron chi connectivity index (χ3n) is 10.6. The second-order valence-electron chi connectivity index (χ2n) is 15.2. The van der Waals surface area contributed by atoms with Crippen molar-refractivity contribution in [3.63, 3.8) is 0 Å². The number of aliphatic hydroxyl groups is 1. The normalized spacial score (nSPS) is 23.9. The van der Waals surface area contributed by atoms with Gasteiger partial charge in [0.1, 0.15) is 15.8 Å². The van der Waals surface area contributed by atoms with Crippen molar-refractivity contribution >= 4 is 59.8 Å². The van der Waals surface area contributed by atoms with E-state index in [0.717, 1.165) is 28.3 Å². The van der Waals surface area contributed by atoms with Gasteiger partial charge in [-0.15, -0.1) is 30.1 Å². The third-order valence-corrected chi connectivity index (χ3v) is 18.9. The van der Waals surface area contributed by atoms with Gasteiger partial charge < -0.3 is 14.3 Å². The molecule has 2 aromatic carbocycles. The van der Waals surface area contributed by atoms with Gasteiger partial charge in [0.25, 0.3) is 8.32 Å². The summed E-state index contributed by atoms with van der Waals surface area (Å²) in [5, 5.41) is 11.7. The fourth-order valence-corrected chi connectivity index (χ4v) is 16.7. The highest BCUT2D eigenvalue weighted by Gasteiger charge is 2.61. The van der Waals surface area contributed by atoms with Crippen molar-refractivity contribution in [1.82, 2.24) is 0 Å². The molecule has 268 valence electrons. The first-order chi connectivity index (χ1) is 23.3. The summed E-state index contributed by atoms with van der Waals surface area (Å²) in [4.78, 5) is 42.9. The van der Waals surface area contributed by atoms with E-state index < -0.39 is 41.5 Å². The summed E-state index contributed by atoms with van der Waals surface area (Å²) in [6.07, 6.45) is 5.28. The third kappa shape index (κ3) is 8.33. The van der Waals surface area contributed by atoms with Gasteiger partial charge >= 0.3 is 5.97 Å². The molecule has 2 aliphatic rings. The number of thioether (sulfide) groups is 2. The molecule has 9 heteroatoms. The lowest BCUT2D eigenvalue weighted by molar-refractivity contribution is -0.152. The van der Waals surface area contributed by atoms with E-state index in [1.807, 2.05) is 49.4 Å². The van der Waals surface area contributed by atoms with Crippen LogP contribution in [0.3, 0.4) is 0 Å². The summed E-state index contributed by atoms with van der Waals surface area (Å²) >= 11 is 3.41. The second kappa shape index (κ2) is 16.9. The average molecular weight is 725 g/mol. The Morgan fingerprint density at radius 3 is 2.10 bits per heavy atom. The van der Waals surface area contributed by atoms with Gasteiger partial charge in [-0.25, -0.2) is 0 Å². The van der Waals surface area contributed by atoms with Crippen LogP contribution < -0.4 is 10.4 Å². The molecule has 1 aliphatic carbocycles. The zero-order valence-corrected chi connectivity index (χ0v) is 32.9. The fourth-order valence-electron chi connectivity index (χ4n) is 8.30. The highest BCUT2D eigenvalue weighted by molar-refractivity contribution is 8.19. The number of ether oxygens (including phenoxy) is 1. The molecule has 0 amide bonds. The Hall–Kier alpha value is -2.17. The van der Waals surface area contributed by atoms with Gasteiger partial charge in [-0.2, -0.15) is 0 Å². The van der Waals surface area contributed by atoms with Crippen molar-refractivity contribution < 1.29 is 28.7 Å². The van der Waals surface area contributed by atoms with Crippen LogP contribution in [0.4, 0.5) is 0 Å². The van der Waals surface area contributed by atoms with Crippen LogP contribution >= 0.6 is 23.5 Å². The van der Waals surface area contributed by atoms with Crippen LogP contribution in [0.5, 0.6) is 0 Å². The number of aliphatic hydroxyl groups excluding tert-OH is 1. The number of methoxy groups -OCH3 is 1. The van der Waals surface area contributed by atoms with Crippen LogP contribution in [0.2, 0.25) is 5.04 Å². The minimum atomic E-state index is -3.00. The number of carbonyl (C=O) groups excluding carboxylic acids is 3. The van der Waals surface area contributed by atoms with Crippen LogP contribution in [-0.2, 0) is 23.5 Å². The highest BCUT2D eigenvalue weighted by Crippen LogP contribution is 2.56. The number of allylic oxidation sites excluding steroid dienone is 1. The van der Waals surface area contributed by atoms with Gasteiger partial charge in [-0.3, -0.25) is 14.4 Å². The molecule has 5 atom stereocenters. The number of Topliss-reactive ketones (excluding diaryl/α,β-unsaturated/α-hetero) is 2. The van der Waals surface area contributed by atoms with Crippen LogP contribution in [0.1, 0.15) is 73.1 Å². The first-order valence-electron chi connectivity index (χ1n) is 17.7. The Bertz CT molecular complexity index is 1380. The van der Waals surface area contributed by atoms with E-state index in [-0.39, 0.29) is 42.2 Å². The lowest BCUT2D eigenvalue weighted by Gasteiger charge is -2.47. The fraction of sp³-hybridized carbons (Fsp3) is 0.575. The standard InChI is InChI=1S/C40H56O6S2Si/c1-8-9-21-32(36(43)40(26-29(2)22-23-41)47-24-16-25-48-40)35-34(37(44)45-7)33(42)27-39(35,6)28-46-49(38(3,4)5,30-17-12-10-13-18-30)31-19-14-11-15-20-31/h8,10-15,17-20,29,32,34-35,41H,1,9,16,21-28H2,2-7H3/t29-,32-,34-,35+,39-/m1/s1. The first kappa shape index (κ1) is 39.6. The number of esters is 1. The average Bonchev–Trinajstić information content (AvgIpc) is 3.35. The lowest BCUT2D eigenvalue weighted by Crippen LogP contribution is -2.67. The highest BCUT2D eigenvalue weighted by atomic mass is 32.2. The number of hydrogen-bond donors (Lipinski definition) is 1. The molecule has 0 unspecified atom stereocenters. The summed E-state index contributed by atoms with van der Waals surface area (Å²) in [5.74, 6) is -1.03. The molecule has 1 N–H and O–H groups in total.